The van der Waals surface area contributed by atoms with E-state index in [0.29, 0.717) is 46.6 Å². The topological polar surface area (TPSA) is 73.9 Å². The summed E-state index contributed by atoms with van der Waals surface area (Å²) in [5, 5.41) is 1.89. The zero-order chi connectivity index (χ0) is 23.1. The minimum atomic E-state index is -0.235. The molecule has 1 amide bonds. The lowest BCUT2D eigenvalue weighted by molar-refractivity contribution is 0.0725. The summed E-state index contributed by atoms with van der Waals surface area (Å²) in [4.78, 5) is 29.1. The normalized spacial score (nSPS) is 14.1. The SMILES string of the molecule is COc1cc2c(C(=O)N3CCCCC3)cn(-c3ccc4occ(C)c4c3)c(=O)c2cc1OC. The maximum absolute atomic E-state index is 13.6. The van der Waals surface area contributed by atoms with Crippen LogP contribution in [-0.4, -0.2) is 42.7 Å². The molecule has 4 aromatic rings. The number of methoxy groups -OCH3 is 2. The van der Waals surface area contributed by atoms with E-state index in [9.17, 15) is 9.59 Å². The molecule has 7 heteroatoms. The van der Waals surface area contributed by atoms with Gasteiger partial charge in [0.1, 0.15) is 5.58 Å². The van der Waals surface area contributed by atoms with Crippen molar-refractivity contribution in [2.24, 2.45) is 0 Å². The van der Waals surface area contributed by atoms with Gasteiger partial charge in [-0.2, -0.15) is 0 Å². The number of nitrogens with zero attached hydrogens (tertiary/aromatic N) is 2. The lowest BCUT2D eigenvalue weighted by atomic mass is 10.0. The van der Waals surface area contributed by atoms with Gasteiger partial charge in [0.25, 0.3) is 11.5 Å². The molecule has 7 nitrogen and oxygen atoms in total. The van der Waals surface area contributed by atoms with E-state index in [4.69, 9.17) is 13.9 Å². The average Bonchev–Trinajstić information content (AvgIpc) is 3.23. The Morgan fingerprint density at radius 1 is 0.939 bits per heavy atom. The summed E-state index contributed by atoms with van der Waals surface area (Å²) < 4.78 is 18.0. The van der Waals surface area contributed by atoms with Crippen LogP contribution in [0.15, 0.2) is 52.0 Å². The monoisotopic (exact) mass is 446 g/mol. The Morgan fingerprint density at radius 3 is 2.33 bits per heavy atom. The van der Waals surface area contributed by atoms with Crippen LogP contribution < -0.4 is 15.0 Å². The predicted molar refractivity (Wildman–Crippen MR) is 127 cm³/mol. The number of fused-ring (bicyclic) bond motifs is 2. The van der Waals surface area contributed by atoms with Crippen LogP contribution in [0.1, 0.15) is 35.2 Å². The minimum absolute atomic E-state index is 0.0822. The number of carbonyl (C=O) groups excluding carboxylic acids is 1. The standard InChI is InChI=1S/C26H26N2O5/c1-16-15-33-22-8-7-17(11-18(16)22)28-14-21(25(29)27-9-5-4-6-10-27)19-12-23(31-2)24(32-3)13-20(19)26(28)30/h7-8,11-15H,4-6,9-10H2,1-3H3. The molecule has 0 bridgehead atoms. The van der Waals surface area contributed by atoms with Crippen molar-refractivity contribution in [2.45, 2.75) is 26.2 Å². The molecule has 2 aromatic heterocycles. The van der Waals surface area contributed by atoms with Crippen LogP contribution in [0.25, 0.3) is 27.4 Å². The highest BCUT2D eigenvalue weighted by Crippen LogP contribution is 2.33. The van der Waals surface area contributed by atoms with Crippen molar-refractivity contribution in [3.05, 3.63) is 64.3 Å². The van der Waals surface area contributed by atoms with Crippen molar-refractivity contribution >= 4 is 27.6 Å². The number of aromatic nitrogens is 1. The molecule has 170 valence electrons. The molecule has 3 heterocycles. The summed E-state index contributed by atoms with van der Waals surface area (Å²) in [5.74, 6) is 0.837. The van der Waals surface area contributed by atoms with Gasteiger partial charge < -0.3 is 18.8 Å². The number of benzene rings is 2. The quantitative estimate of drug-likeness (QED) is 0.455. The number of furan rings is 1. The van der Waals surface area contributed by atoms with E-state index < -0.39 is 0 Å². The number of hydrogen-bond donors (Lipinski definition) is 0. The van der Waals surface area contributed by atoms with Gasteiger partial charge >= 0.3 is 0 Å². The smallest absolute Gasteiger partial charge is 0.263 e. The summed E-state index contributed by atoms with van der Waals surface area (Å²) in [5.41, 5.74) is 2.64. The Labute approximate surface area is 191 Å². The number of rotatable bonds is 4. The summed E-state index contributed by atoms with van der Waals surface area (Å²) in [6.07, 6.45) is 6.44. The molecule has 1 fully saturated rings. The van der Waals surface area contributed by atoms with Crippen molar-refractivity contribution in [2.75, 3.05) is 27.3 Å². The molecule has 1 saturated heterocycles. The van der Waals surface area contributed by atoms with Crippen LogP contribution in [0.3, 0.4) is 0 Å². The predicted octanol–water partition coefficient (Wildman–Crippen LogP) is 4.69. The first-order chi connectivity index (χ1) is 16.0. The van der Waals surface area contributed by atoms with Crippen molar-refractivity contribution in [3.63, 3.8) is 0 Å². The van der Waals surface area contributed by atoms with Crippen molar-refractivity contribution in [1.82, 2.24) is 9.47 Å². The molecule has 0 aliphatic carbocycles. The van der Waals surface area contributed by atoms with E-state index >= 15 is 0 Å². The minimum Gasteiger partial charge on any atom is -0.493 e. The molecule has 0 spiro atoms. The first-order valence-electron chi connectivity index (χ1n) is 11.1. The van der Waals surface area contributed by atoms with E-state index in [1.165, 1.54) is 11.7 Å². The molecule has 5 rings (SSSR count). The number of pyridine rings is 1. The third-order valence-electron chi connectivity index (χ3n) is 6.42. The van der Waals surface area contributed by atoms with Crippen LogP contribution in [-0.2, 0) is 0 Å². The van der Waals surface area contributed by atoms with Crippen molar-refractivity contribution in [3.8, 4) is 17.2 Å². The molecule has 0 atom stereocenters. The Hall–Kier alpha value is -3.74. The summed E-state index contributed by atoms with van der Waals surface area (Å²) in [7, 11) is 3.07. The van der Waals surface area contributed by atoms with Gasteiger partial charge in [-0.3, -0.25) is 14.2 Å². The number of aryl methyl sites for hydroxylation is 1. The highest BCUT2D eigenvalue weighted by atomic mass is 16.5. The summed E-state index contributed by atoms with van der Waals surface area (Å²) >= 11 is 0. The molecule has 2 aromatic carbocycles. The molecule has 1 aliphatic rings. The van der Waals surface area contributed by atoms with Gasteiger partial charge in [-0.15, -0.1) is 0 Å². The summed E-state index contributed by atoms with van der Waals surface area (Å²) in [6.45, 7) is 3.39. The fourth-order valence-electron chi connectivity index (χ4n) is 4.59. The Bertz CT molecular complexity index is 1430. The average molecular weight is 447 g/mol. The Balaban J connectivity index is 1.78. The number of piperidine rings is 1. The first-order valence-corrected chi connectivity index (χ1v) is 11.1. The van der Waals surface area contributed by atoms with Crippen LogP contribution in [0.2, 0.25) is 0 Å². The van der Waals surface area contributed by atoms with Gasteiger partial charge in [0.2, 0.25) is 0 Å². The van der Waals surface area contributed by atoms with Gasteiger partial charge in [0, 0.05) is 35.7 Å². The van der Waals surface area contributed by atoms with Crippen LogP contribution in [0, 0.1) is 6.92 Å². The molecular formula is C26H26N2O5. The number of hydrogen-bond acceptors (Lipinski definition) is 5. The molecule has 0 saturated carbocycles. The zero-order valence-electron chi connectivity index (χ0n) is 19.0. The number of likely N-dealkylation sites (tertiary alicyclic amines) is 1. The lowest BCUT2D eigenvalue weighted by Crippen LogP contribution is -2.36. The molecule has 1 aliphatic heterocycles. The third-order valence-corrected chi connectivity index (χ3v) is 6.42. The lowest BCUT2D eigenvalue weighted by Gasteiger charge is -2.27. The van der Waals surface area contributed by atoms with E-state index in [0.717, 1.165) is 35.8 Å². The second-order valence-corrected chi connectivity index (χ2v) is 8.42. The van der Waals surface area contributed by atoms with Gasteiger partial charge in [-0.25, -0.2) is 0 Å². The van der Waals surface area contributed by atoms with Crippen LogP contribution >= 0.6 is 0 Å². The number of ether oxygens (including phenoxy) is 2. The van der Waals surface area contributed by atoms with E-state index in [1.54, 1.807) is 31.7 Å². The zero-order valence-corrected chi connectivity index (χ0v) is 19.0. The number of amides is 1. The maximum Gasteiger partial charge on any atom is 0.263 e. The molecule has 33 heavy (non-hydrogen) atoms. The van der Waals surface area contributed by atoms with E-state index in [1.807, 2.05) is 30.0 Å². The maximum atomic E-state index is 13.6. The van der Waals surface area contributed by atoms with Gasteiger partial charge in [-0.1, -0.05) is 0 Å². The summed E-state index contributed by atoms with van der Waals surface area (Å²) in [6, 6.07) is 8.96. The van der Waals surface area contributed by atoms with Crippen molar-refractivity contribution < 1.29 is 18.7 Å². The highest BCUT2D eigenvalue weighted by molar-refractivity contribution is 6.07. The fourth-order valence-corrected chi connectivity index (χ4v) is 4.59. The van der Waals surface area contributed by atoms with Gasteiger partial charge in [0.05, 0.1) is 31.4 Å². The van der Waals surface area contributed by atoms with Crippen LogP contribution in [0.5, 0.6) is 11.5 Å². The third kappa shape index (κ3) is 3.53. The Kier molecular flexibility index (Phi) is 5.32. The van der Waals surface area contributed by atoms with Gasteiger partial charge in [-0.05, 0) is 62.1 Å². The molecular weight excluding hydrogens is 420 g/mol. The second kappa shape index (κ2) is 8.31. The fraction of sp³-hybridized carbons (Fsp3) is 0.308. The van der Waals surface area contributed by atoms with E-state index in [2.05, 4.69) is 0 Å². The Morgan fingerprint density at radius 2 is 1.64 bits per heavy atom. The highest BCUT2D eigenvalue weighted by Gasteiger charge is 2.24. The van der Waals surface area contributed by atoms with E-state index in [-0.39, 0.29) is 11.5 Å². The molecule has 0 radical (unpaired) electrons. The van der Waals surface area contributed by atoms with Gasteiger partial charge in [0.15, 0.2) is 11.5 Å². The second-order valence-electron chi connectivity index (χ2n) is 8.42. The first kappa shape index (κ1) is 21.1. The molecule has 0 unspecified atom stereocenters. The number of carbonyl (C=O) groups is 1. The van der Waals surface area contributed by atoms with Crippen molar-refractivity contribution in [1.29, 1.82) is 0 Å². The molecule has 0 N–H and O–H groups in total. The van der Waals surface area contributed by atoms with Crippen LogP contribution in [0.4, 0.5) is 0 Å². The largest absolute Gasteiger partial charge is 0.493 e.